The molecule has 0 spiro atoms. The number of carbonyl (C=O) groups excluding carboxylic acids is 1. The Morgan fingerprint density at radius 2 is 2.00 bits per heavy atom. The fourth-order valence-electron chi connectivity index (χ4n) is 2.45. The van der Waals surface area contributed by atoms with Crippen LogP contribution in [0.25, 0.3) is 21.7 Å². The average molecular weight is 310 g/mol. The highest BCUT2D eigenvalue weighted by Gasteiger charge is 2.22. The maximum Gasteiger partial charge on any atom is 0.376 e. The molecule has 3 rings (SSSR count). The van der Waals surface area contributed by atoms with Crippen molar-refractivity contribution in [2.45, 2.75) is 6.92 Å². The Balaban J connectivity index is 2.29. The predicted molar refractivity (Wildman–Crippen MR) is 91.5 cm³/mol. The molecule has 0 aliphatic rings. The molecule has 0 radical (unpaired) electrons. The summed E-state index contributed by atoms with van der Waals surface area (Å²) in [7, 11) is 3.73. The Bertz CT molecular complexity index is 894. The van der Waals surface area contributed by atoms with Crippen LogP contribution in [0.2, 0.25) is 0 Å². The van der Waals surface area contributed by atoms with Gasteiger partial charge >= 0.3 is 5.97 Å². The van der Waals surface area contributed by atoms with Crippen molar-refractivity contribution in [1.29, 1.82) is 0 Å². The van der Waals surface area contributed by atoms with Gasteiger partial charge in [-0.1, -0.05) is 30.3 Å². The van der Waals surface area contributed by atoms with Crippen LogP contribution < -0.4 is 0 Å². The molecule has 0 fully saturated rings. The quantitative estimate of drug-likeness (QED) is 0.415. The Kier molecular flexibility index (Phi) is 4.02. The van der Waals surface area contributed by atoms with Crippen molar-refractivity contribution in [2.75, 3.05) is 20.7 Å². The van der Waals surface area contributed by atoms with Crippen molar-refractivity contribution in [1.82, 2.24) is 4.90 Å². The lowest BCUT2D eigenvalue weighted by atomic mass is 10.1. The third-order valence-electron chi connectivity index (χ3n) is 3.43. The van der Waals surface area contributed by atoms with Crippen LogP contribution >= 0.6 is 0 Å². The van der Waals surface area contributed by atoms with Gasteiger partial charge in [0.1, 0.15) is 11.3 Å². The van der Waals surface area contributed by atoms with Gasteiger partial charge in [0.15, 0.2) is 0 Å². The molecule has 1 aromatic heterocycles. The fraction of sp³-hybridized carbons (Fsp3) is 0.222. The van der Waals surface area contributed by atoms with Crippen LogP contribution in [0, 0.1) is 0 Å². The number of nitrogens with zero attached hydrogens (tertiary/aromatic N) is 2. The minimum absolute atomic E-state index is 0.135. The van der Waals surface area contributed by atoms with Crippen LogP contribution in [0.1, 0.15) is 17.5 Å². The number of hydrogen-bond donors (Lipinski definition) is 0. The number of hydrogen-bond acceptors (Lipinski definition) is 4. The highest BCUT2D eigenvalue weighted by molar-refractivity contribution is 6.12. The lowest BCUT2D eigenvalue weighted by Crippen LogP contribution is -2.08. The molecule has 23 heavy (non-hydrogen) atoms. The average Bonchev–Trinajstić information content (AvgIpc) is 2.92. The summed E-state index contributed by atoms with van der Waals surface area (Å²) in [6.07, 6.45) is 1.64. The number of rotatable bonds is 4. The van der Waals surface area contributed by atoms with Crippen LogP contribution in [0.3, 0.4) is 0 Å². The SMILES string of the molecule is CCOC(=O)c1oc2c(ccc3ccccc32)c1N=CN(C)C. The first kappa shape index (κ1) is 15.1. The zero-order valence-corrected chi connectivity index (χ0v) is 13.4. The predicted octanol–water partition coefficient (Wildman–Crippen LogP) is 3.98. The Morgan fingerprint density at radius 1 is 1.22 bits per heavy atom. The van der Waals surface area contributed by atoms with E-state index >= 15 is 0 Å². The minimum atomic E-state index is -0.501. The van der Waals surface area contributed by atoms with Crippen molar-refractivity contribution in [2.24, 2.45) is 4.99 Å². The highest BCUT2D eigenvalue weighted by Crippen LogP contribution is 2.37. The maximum absolute atomic E-state index is 12.2. The summed E-state index contributed by atoms with van der Waals surface area (Å²) >= 11 is 0. The summed E-state index contributed by atoms with van der Waals surface area (Å²) in [6, 6.07) is 11.8. The van der Waals surface area contributed by atoms with Gasteiger partial charge in [-0.15, -0.1) is 0 Å². The van der Waals surface area contributed by atoms with Crippen LogP contribution in [0.4, 0.5) is 5.69 Å². The number of fused-ring (bicyclic) bond motifs is 3. The first-order valence-corrected chi connectivity index (χ1v) is 7.43. The van der Waals surface area contributed by atoms with Gasteiger partial charge in [-0.25, -0.2) is 9.79 Å². The van der Waals surface area contributed by atoms with Gasteiger partial charge in [0.25, 0.3) is 0 Å². The van der Waals surface area contributed by atoms with E-state index in [2.05, 4.69) is 4.99 Å². The second-order valence-electron chi connectivity index (χ2n) is 5.37. The zero-order valence-electron chi connectivity index (χ0n) is 13.4. The number of furan rings is 1. The van der Waals surface area contributed by atoms with E-state index in [-0.39, 0.29) is 12.4 Å². The Labute approximate surface area is 134 Å². The molecule has 0 aliphatic heterocycles. The molecule has 0 unspecified atom stereocenters. The van der Waals surface area contributed by atoms with Crippen molar-refractivity contribution < 1.29 is 13.9 Å². The van der Waals surface area contributed by atoms with E-state index in [0.29, 0.717) is 11.3 Å². The monoisotopic (exact) mass is 310 g/mol. The summed E-state index contributed by atoms with van der Waals surface area (Å²) in [5, 5.41) is 2.79. The summed E-state index contributed by atoms with van der Waals surface area (Å²) in [6.45, 7) is 2.05. The number of esters is 1. The number of benzene rings is 2. The van der Waals surface area contributed by atoms with Gasteiger partial charge in [-0.2, -0.15) is 0 Å². The first-order valence-electron chi connectivity index (χ1n) is 7.43. The van der Waals surface area contributed by atoms with Gasteiger partial charge in [-0.3, -0.25) is 0 Å². The summed E-state index contributed by atoms with van der Waals surface area (Å²) in [4.78, 5) is 18.4. The van der Waals surface area contributed by atoms with Crippen LogP contribution in [0.15, 0.2) is 45.8 Å². The standard InChI is InChI=1S/C18H18N2O3/c1-4-22-18(21)17-15(19-11-20(2)3)14-10-9-12-7-5-6-8-13(12)16(14)23-17/h5-11H,4H2,1-3H3. The van der Waals surface area contributed by atoms with Crippen LogP contribution in [-0.4, -0.2) is 37.9 Å². The normalized spacial score (nSPS) is 11.4. The smallest absolute Gasteiger partial charge is 0.376 e. The van der Waals surface area contributed by atoms with Crippen molar-refractivity contribution in [3.63, 3.8) is 0 Å². The van der Waals surface area contributed by atoms with Crippen LogP contribution in [0.5, 0.6) is 0 Å². The highest BCUT2D eigenvalue weighted by atomic mass is 16.5. The molecular formula is C18H18N2O3. The molecule has 118 valence electrons. The van der Waals surface area contributed by atoms with E-state index in [0.717, 1.165) is 16.2 Å². The second kappa shape index (κ2) is 6.12. The molecule has 0 saturated heterocycles. The molecule has 0 bridgehead atoms. The molecule has 5 heteroatoms. The number of aliphatic imine (C=N–C) groups is 1. The van der Waals surface area contributed by atoms with Gasteiger partial charge in [0, 0.05) is 24.9 Å². The van der Waals surface area contributed by atoms with Crippen molar-refractivity contribution in [3.8, 4) is 0 Å². The van der Waals surface area contributed by atoms with E-state index in [1.54, 1.807) is 18.2 Å². The molecule has 0 saturated carbocycles. The first-order chi connectivity index (χ1) is 11.1. The third kappa shape index (κ3) is 2.77. The van der Waals surface area contributed by atoms with Crippen molar-refractivity contribution >= 4 is 39.7 Å². The fourth-order valence-corrected chi connectivity index (χ4v) is 2.45. The largest absolute Gasteiger partial charge is 0.460 e. The number of carbonyl (C=O) groups is 1. The Morgan fingerprint density at radius 3 is 2.74 bits per heavy atom. The zero-order chi connectivity index (χ0) is 16.4. The maximum atomic E-state index is 12.2. The van der Waals surface area contributed by atoms with Gasteiger partial charge in [-0.05, 0) is 18.4 Å². The van der Waals surface area contributed by atoms with E-state index in [4.69, 9.17) is 9.15 Å². The third-order valence-corrected chi connectivity index (χ3v) is 3.43. The number of ether oxygens (including phenoxy) is 1. The molecule has 2 aromatic carbocycles. The van der Waals surface area contributed by atoms with E-state index in [1.165, 1.54) is 0 Å². The molecule has 5 nitrogen and oxygen atoms in total. The van der Waals surface area contributed by atoms with Gasteiger partial charge in [0.2, 0.25) is 5.76 Å². The van der Waals surface area contributed by atoms with E-state index in [9.17, 15) is 4.79 Å². The van der Waals surface area contributed by atoms with Gasteiger partial charge < -0.3 is 14.1 Å². The molecule has 3 aromatic rings. The molecule has 0 amide bonds. The molecule has 0 atom stereocenters. The Hall–Kier alpha value is -2.82. The molecular weight excluding hydrogens is 292 g/mol. The summed E-state index contributed by atoms with van der Waals surface area (Å²) < 4.78 is 10.9. The van der Waals surface area contributed by atoms with E-state index in [1.807, 2.05) is 50.5 Å². The van der Waals surface area contributed by atoms with Crippen molar-refractivity contribution in [3.05, 3.63) is 42.2 Å². The lowest BCUT2D eigenvalue weighted by Gasteiger charge is -2.03. The lowest BCUT2D eigenvalue weighted by molar-refractivity contribution is 0.0494. The topological polar surface area (TPSA) is 55.0 Å². The van der Waals surface area contributed by atoms with Crippen LogP contribution in [-0.2, 0) is 4.74 Å². The van der Waals surface area contributed by atoms with E-state index < -0.39 is 5.97 Å². The molecule has 0 aliphatic carbocycles. The van der Waals surface area contributed by atoms with Gasteiger partial charge in [0.05, 0.1) is 12.9 Å². The summed E-state index contributed by atoms with van der Waals surface area (Å²) in [5.41, 5.74) is 1.15. The summed E-state index contributed by atoms with van der Waals surface area (Å²) in [5.74, 6) is -0.366. The molecule has 1 heterocycles. The molecule has 0 N–H and O–H groups in total. The second-order valence-corrected chi connectivity index (χ2v) is 5.37. The minimum Gasteiger partial charge on any atom is -0.460 e.